The molecule has 3 nitrogen and oxygen atoms in total. The molecule has 0 aromatic carbocycles. The lowest BCUT2D eigenvalue weighted by Crippen LogP contribution is -1.94. The zero-order chi connectivity index (χ0) is 9.59. The molecule has 2 aromatic rings. The number of anilines is 1. The first kappa shape index (κ1) is 8.38. The first-order valence-corrected chi connectivity index (χ1v) is 4.38. The quantitative estimate of drug-likeness (QED) is 0.700. The van der Waals surface area contributed by atoms with Crippen molar-refractivity contribution in [2.75, 3.05) is 5.73 Å². The van der Waals surface area contributed by atoms with Gasteiger partial charge in [-0.05, 0) is 19.9 Å². The molecule has 0 radical (unpaired) electrons. The highest BCUT2D eigenvalue weighted by Crippen LogP contribution is 2.24. The number of aryl methyl sites for hydroxylation is 2. The van der Waals surface area contributed by atoms with Crippen molar-refractivity contribution in [3.05, 3.63) is 28.7 Å². The van der Waals surface area contributed by atoms with Crippen LogP contribution in [0.1, 0.15) is 11.4 Å². The van der Waals surface area contributed by atoms with E-state index in [4.69, 9.17) is 17.3 Å². The molecule has 0 aliphatic carbocycles. The fourth-order valence-electron chi connectivity index (χ4n) is 1.34. The van der Waals surface area contributed by atoms with Crippen LogP contribution < -0.4 is 5.73 Å². The number of fused-ring (bicyclic) bond motifs is 1. The van der Waals surface area contributed by atoms with E-state index in [1.165, 1.54) is 0 Å². The third-order valence-electron chi connectivity index (χ3n) is 2.25. The Labute approximate surface area is 81.1 Å². The lowest BCUT2D eigenvalue weighted by Gasteiger charge is -2.00. The molecular formula is C9H10ClN3. The van der Waals surface area contributed by atoms with E-state index >= 15 is 0 Å². The topological polar surface area (TPSA) is 43.3 Å². The molecule has 2 N–H and O–H groups in total. The second kappa shape index (κ2) is 2.64. The van der Waals surface area contributed by atoms with Gasteiger partial charge in [-0.3, -0.25) is 0 Å². The van der Waals surface area contributed by atoms with E-state index < -0.39 is 0 Å². The molecule has 68 valence electrons. The molecule has 0 saturated carbocycles. The molecule has 0 unspecified atom stereocenters. The summed E-state index contributed by atoms with van der Waals surface area (Å²) in [5, 5.41) is 0.553. The molecule has 0 fully saturated rings. The molecule has 0 aliphatic heterocycles. The third-order valence-corrected chi connectivity index (χ3v) is 2.58. The van der Waals surface area contributed by atoms with Crippen molar-refractivity contribution in [1.82, 2.24) is 9.38 Å². The number of aromatic nitrogens is 2. The van der Waals surface area contributed by atoms with Crippen LogP contribution in [0.4, 0.5) is 5.69 Å². The normalized spacial score (nSPS) is 11.0. The summed E-state index contributed by atoms with van der Waals surface area (Å²) in [6.45, 7) is 3.96. The molecule has 4 heteroatoms. The highest BCUT2D eigenvalue weighted by molar-refractivity contribution is 6.33. The predicted octanol–water partition coefficient (Wildman–Crippen LogP) is 2.19. The summed E-state index contributed by atoms with van der Waals surface area (Å²) in [4.78, 5) is 4.33. The van der Waals surface area contributed by atoms with Crippen molar-refractivity contribution in [1.29, 1.82) is 0 Å². The van der Waals surface area contributed by atoms with Crippen molar-refractivity contribution >= 4 is 22.9 Å². The van der Waals surface area contributed by atoms with E-state index in [0.717, 1.165) is 17.0 Å². The van der Waals surface area contributed by atoms with Crippen LogP contribution in [0.15, 0.2) is 12.3 Å². The molecule has 0 saturated heterocycles. The van der Waals surface area contributed by atoms with Gasteiger partial charge >= 0.3 is 0 Å². The molecule has 0 bridgehead atoms. The molecule has 2 heterocycles. The second-order valence-electron chi connectivity index (χ2n) is 3.05. The van der Waals surface area contributed by atoms with Gasteiger partial charge < -0.3 is 10.1 Å². The molecule has 2 rings (SSSR count). The van der Waals surface area contributed by atoms with Crippen LogP contribution >= 0.6 is 11.6 Å². The van der Waals surface area contributed by atoms with E-state index in [9.17, 15) is 0 Å². The summed E-state index contributed by atoms with van der Waals surface area (Å²) in [7, 11) is 0. The lowest BCUT2D eigenvalue weighted by molar-refractivity contribution is 1.10. The van der Waals surface area contributed by atoms with Crippen LogP contribution in [0.3, 0.4) is 0 Å². The van der Waals surface area contributed by atoms with Crippen LogP contribution in [-0.4, -0.2) is 9.38 Å². The lowest BCUT2D eigenvalue weighted by atomic mass is 10.4. The van der Waals surface area contributed by atoms with Gasteiger partial charge in [-0.15, -0.1) is 0 Å². The zero-order valence-corrected chi connectivity index (χ0v) is 8.26. The van der Waals surface area contributed by atoms with Gasteiger partial charge in [-0.25, -0.2) is 4.98 Å². The SMILES string of the molecule is Cc1nc2c(N)c(Cl)ccn2c1C. The van der Waals surface area contributed by atoms with Crippen LogP contribution in [0, 0.1) is 13.8 Å². The fraction of sp³-hybridized carbons (Fsp3) is 0.222. The molecule has 0 spiro atoms. The standard InChI is InChI=1S/C9H10ClN3/c1-5-6(2)13-4-3-7(10)8(11)9(13)12-5/h3-4H,11H2,1-2H3. The Balaban J connectivity index is 2.94. The van der Waals surface area contributed by atoms with E-state index in [1.54, 1.807) is 6.07 Å². The minimum atomic E-state index is 0.542. The molecule has 0 atom stereocenters. The van der Waals surface area contributed by atoms with Gasteiger partial charge in [-0.1, -0.05) is 11.6 Å². The van der Waals surface area contributed by atoms with Gasteiger partial charge in [0.2, 0.25) is 0 Å². The average molecular weight is 196 g/mol. The van der Waals surface area contributed by atoms with Gasteiger partial charge in [-0.2, -0.15) is 0 Å². The van der Waals surface area contributed by atoms with Crippen LogP contribution in [0.5, 0.6) is 0 Å². The largest absolute Gasteiger partial charge is 0.394 e. The average Bonchev–Trinajstić information content (AvgIpc) is 2.38. The molecule has 2 aromatic heterocycles. The monoisotopic (exact) mass is 195 g/mol. The van der Waals surface area contributed by atoms with Gasteiger partial charge in [0.05, 0.1) is 16.4 Å². The number of nitrogens with two attached hydrogens (primary N) is 1. The Morgan fingerprint density at radius 3 is 2.85 bits per heavy atom. The Morgan fingerprint density at radius 1 is 1.46 bits per heavy atom. The minimum Gasteiger partial charge on any atom is -0.394 e. The Kier molecular flexibility index (Phi) is 1.70. The predicted molar refractivity (Wildman–Crippen MR) is 54.1 cm³/mol. The van der Waals surface area contributed by atoms with Gasteiger partial charge in [0.25, 0.3) is 0 Å². The molecule has 0 aliphatic rings. The van der Waals surface area contributed by atoms with E-state index in [0.29, 0.717) is 10.7 Å². The number of imidazole rings is 1. The summed E-state index contributed by atoms with van der Waals surface area (Å²) in [5.41, 5.74) is 9.14. The summed E-state index contributed by atoms with van der Waals surface area (Å²) < 4.78 is 1.94. The smallest absolute Gasteiger partial charge is 0.162 e. The maximum atomic E-state index is 5.87. The van der Waals surface area contributed by atoms with Gasteiger partial charge in [0.15, 0.2) is 5.65 Å². The number of halogens is 1. The highest BCUT2D eigenvalue weighted by Gasteiger charge is 2.08. The van der Waals surface area contributed by atoms with E-state index in [1.807, 2.05) is 24.4 Å². The summed E-state index contributed by atoms with van der Waals surface area (Å²) in [6.07, 6.45) is 1.88. The zero-order valence-electron chi connectivity index (χ0n) is 7.50. The van der Waals surface area contributed by atoms with E-state index in [2.05, 4.69) is 4.98 Å². The molecule has 0 amide bonds. The number of pyridine rings is 1. The van der Waals surface area contributed by atoms with Gasteiger partial charge in [0.1, 0.15) is 0 Å². The fourth-order valence-corrected chi connectivity index (χ4v) is 1.48. The second-order valence-corrected chi connectivity index (χ2v) is 3.46. The maximum absolute atomic E-state index is 5.87. The molecular weight excluding hydrogens is 186 g/mol. The Bertz CT molecular complexity index is 473. The third kappa shape index (κ3) is 1.08. The first-order chi connectivity index (χ1) is 6.11. The summed E-state index contributed by atoms with van der Waals surface area (Å²) in [5.74, 6) is 0. The van der Waals surface area contributed by atoms with Crippen LogP contribution in [-0.2, 0) is 0 Å². The summed E-state index contributed by atoms with van der Waals surface area (Å²) >= 11 is 5.87. The maximum Gasteiger partial charge on any atom is 0.162 e. The van der Waals surface area contributed by atoms with Gasteiger partial charge in [0, 0.05) is 11.9 Å². The number of hydrogen-bond donors (Lipinski definition) is 1. The van der Waals surface area contributed by atoms with Crippen LogP contribution in [0.25, 0.3) is 5.65 Å². The van der Waals surface area contributed by atoms with Crippen molar-refractivity contribution in [3.63, 3.8) is 0 Å². The van der Waals surface area contributed by atoms with Crippen LogP contribution in [0.2, 0.25) is 5.02 Å². The number of rotatable bonds is 0. The van der Waals surface area contributed by atoms with Crippen molar-refractivity contribution in [3.8, 4) is 0 Å². The van der Waals surface area contributed by atoms with Crippen molar-refractivity contribution < 1.29 is 0 Å². The first-order valence-electron chi connectivity index (χ1n) is 4.00. The Hall–Kier alpha value is -1.22. The van der Waals surface area contributed by atoms with E-state index in [-0.39, 0.29) is 0 Å². The van der Waals surface area contributed by atoms with Crippen molar-refractivity contribution in [2.24, 2.45) is 0 Å². The number of nitrogens with zero attached hydrogens (tertiary/aromatic N) is 2. The minimum absolute atomic E-state index is 0.542. The molecule has 13 heavy (non-hydrogen) atoms. The Morgan fingerprint density at radius 2 is 2.15 bits per heavy atom. The highest BCUT2D eigenvalue weighted by atomic mass is 35.5. The van der Waals surface area contributed by atoms with Crippen molar-refractivity contribution in [2.45, 2.75) is 13.8 Å². The number of hydrogen-bond acceptors (Lipinski definition) is 2. The number of nitrogen functional groups attached to an aromatic ring is 1. The summed E-state index contributed by atoms with van der Waals surface area (Å²) in [6, 6.07) is 1.78.